The summed E-state index contributed by atoms with van der Waals surface area (Å²) < 4.78 is 24.8. The van der Waals surface area contributed by atoms with Crippen LogP contribution in [0.1, 0.15) is 234 Å². The van der Waals surface area contributed by atoms with Crippen molar-refractivity contribution in [3.63, 3.8) is 0 Å². The summed E-state index contributed by atoms with van der Waals surface area (Å²) in [5.41, 5.74) is 16.4. The molecule has 4 aliphatic rings. The molecule has 30 heteroatoms. The SMILES string of the molecule is Cc1nnc2n1-c1ccccc1C(c1ccccc1)=NC2CC(=O)OC(C)(C)C.Cc1sc2c(c1C)C(c1ccc(Cl)cc1)=NC(CC(=O)OC(C)(C)C)c1ncc(C)n1-2.Cc1sc2c(c1C)C(c1ccc(Cl)cc1)=N[C@@H](CNC(=O)OCc1ccccc1)c1nnc(C)n1-2.Cc1sc2c(c1C)C(c1ccc(Cl)cc1)=N[C@H](CC(=O)NC(C)(C)C)c1nnc(C)n1-2. The molecule has 6 aromatic carbocycles. The van der Waals surface area contributed by atoms with E-state index in [-0.39, 0.29) is 55.8 Å². The molecule has 7 aromatic heterocycles. The Hall–Kier alpha value is -11.7. The second-order valence-electron chi connectivity index (χ2n) is 34.2. The summed E-state index contributed by atoms with van der Waals surface area (Å²) in [6.07, 6.45) is 1.75. The van der Waals surface area contributed by atoms with Gasteiger partial charge in [-0.3, -0.25) is 52.6 Å². The number of hydrogen-bond donors (Lipinski definition) is 2. The van der Waals surface area contributed by atoms with Gasteiger partial charge in [0.05, 0.1) is 54.3 Å². The fraction of sp³-hybridized carbons (Fsp3) is 0.323. The van der Waals surface area contributed by atoms with Crippen LogP contribution >= 0.6 is 68.8 Å². The first-order valence-electron chi connectivity index (χ1n) is 41.4. The van der Waals surface area contributed by atoms with E-state index in [1.165, 1.54) is 25.8 Å². The predicted molar refractivity (Wildman–Crippen MR) is 501 cm³/mol. The molecule has 0 saturated carbocycles. The largest absolute Gasteiger partial charge is 0.460 e. The summed E-state index contributed by atoms with van der Waals surface area (Å²) in [6, 6.07) is 48.8. The van der Waals surface area contributed by atoms with Gasteiger partial charge in [0, 0.05) is 91.6 Å². The molecular weight excluding hydrogens is 1710 g/mol. The molecule has 2 amide bonds. The minimum atomic E-state index is -0.555. The van der Waals surface area contributed by atoms with Gasteiger partial charge in [-0.1, -0.05) is 150 Å². The Labute approximate surface area is 760 Å². The van der Waals surface area contributed by atoms with Crippen LogP contribution in [0.3, 0.4) is 0 Å². The summed E-state index contributed by atoms with van der Waals surface area (Å²) in [7, 11) is 0. The lowest BCUT2D eigenvalue weighted by Gasteiger charge is -2.21. The Balaban J connectivity index is 0.000000137. The monoisotopic (exact) mass is 1800 g/mol. The van der Waals surface area contributed by atoms with Crippen LogP contribution in [0.4, 0.5) is 4.79 Å². The number of amides is 2. The standard InChI is InChI=1S/C26H24ClN5O2S.C24H26ClN3O2S.C23H26ClN5OS.C23H24N4O2/c1-15-16(2)35-25-22(15)23(19-9-11-20(27)12-10-19)29-21(24-31-30-17(3)32(24)25)13-28-26(33)34-14-18-7-5-4-6-8-18;1-13-12-26-22-18(11-19(29)30-24(4,5)6)27-21(16-7-9-17(25)10-8-16)20-14(2)15(3)31-23(20)28(13)22;1-12-13(2)31-22-19(12)20(15-7-9-16(24)10-8-15)25-17(11-18(30)26-23(4,5)6)21-28-27-14(3)29(21)22;1-15-25-26-22-18(14-20(28)29-23(2,3)4)24-21(16-10-6-5-7-11-16)17-12-8-9-13-19(17)27(15)22/h4-12,21H,13-14H2,1-3H3,(H,28,33);7-10,12,18H,11H2,1-6H3;7-10,17H,11H2,1-6H3,(H,26,30);5-13,18H,14H2,1-4H3/t21-;;17-;/m0.1./s1. The fourth-order valence-electron chi connectivity index (χ4n) is 15.2. The average molecular weight is 1810 g/mol. The number of esters is 2. The van der Waals surface area contributed by atoms with Crippen LogP contribution < -0.4 is 10.6 Å². The number of hydrogen-bond acceptors (Lipinski definition) is 21. The number of aryl methyl sites for hydroxylation is 7. The highest BCUT2D eigenvalue weighted by molar-refractivity contribution is 7.16. The number of alkyl carbamates (subject to hydrolysis) is 1. The Morgan fingerprint density at radius 1 is 0.413 bits per heavy atom. The molecule has 0 saturated heterocycles. The number of nitrogens with one attached hydrogen (secondary N) is 2. The van der Waals surface area contributed by atoms with Crippen molar-refractivity contribution in [2.45, 2.75) is 198 Å². The van der Waals surface area contributed by atoms with Crippen LogP contribution in [0.25, 0.3) is 20.7 Å². The zero-order chi connectivity index (χ0) is 90.1. The van der Waals surface area contributed by atoms with Gasteiger partial charge in [-0.2, -0.15) is 0 Å². The number of carbonyl (C=O) groups excluding carboxylic acids is 4. The zero-order valence-electron chi connectivity index (χ0n) is 73.9. The van der Waals surface area contributed by atoms with E-state index in [1.54, 1.807) is 34.0 Å². The number of halogens is 3. The summed E-state index contributed by atoms with van der Waals surface area (Å²) in [5.74, 6) is 4.41. The molecule has 4 atom stereocenters. The molecule has 0 fully saturated rings. The lowest BCUT2D eigenvalue weighted by molar-refractivity contribution is -0.156. The second-order valence-corrected chi connectivity index (χ2v) is 39.1. The number of rotatable bonds is 14. The van der Waals surface area contributed by atoms with E-state index < -0.39 is 41.5 Å². The van der Waals surface area contributed by atoms with E-state index in [2.05, 4.69) is 96.9 Å². The van der Waals surface area contributed by atoms with Crippen LogP contribution in [0.5, 0.6) is 0 Å². The van der Waals surface area contributed by atoms with Crippen LogP contribution in [-0.4, -0.2) is 124 Å². The Kier molecular flexibility index (Phi) is 26.9. The molecule has 650 valence electrons. The summed E-state index contributed by atoms with van der Waals surface area (Å²) in [5, 5.41) is 37.2. The van der Waals surface area contributed by atoms with E-state index in [1.807, 2.05) is 263 Å². The maximum Gasteiger partial charge on any atom is 0.407 e. The number of imidazole rings is 1. The van der Waals surface area contributed by atoms with E-state index in [0.29, 0.717) is 32.5 Å². The van der Waals surface area contributed by atoms with Crippen molar-refractivity contribution in [3.8, 4) is 20.7 Å². The Morgan fingerprint density at radius 2 is 0.786 bits per heavy atom. The van der Waals surface area contributed by atoms with Crippen molar-refractivity contribution < 1.29 is 33.4 Å². The number of fused-ring (bicyclic) bond motifs is 12. The molecule has 0 spiro atoms. The number of aliphatic imine (C=N–C) groups is 4. The van der Waals surface area contributed by atoms with Crippen LogP contribution in [0.2, 0.25) is 15.1 Å². The first-order valence-corrected chi connectivity index (χ1v) is 45.0. The lowest BCUT2D eigenvalue weighted by atomic mass is 9.99. The van der Waals surface area contributed by atoms with Gasteiger partial charge in [-0.05, 0) is 196 Å². The van der Waals surface area contributed by atoms with Gasteiger partial charge in [0.15, 0.2) is 17.5 Å². The average Bonchev–Trinajstić information content (AvgIpc) is 1.74. The predicted octanol–water partition coefficient (Wildman–Crippen LogP) is 21.2. The summed E-state index contributed by atoms with van der Waals surface area (Å²) >= 11 is 23.6. The number of thiophene rings is 3. The molecule has 24 nitrogen and oxygen atoms in total. The molecule has 17 rings (SSSR count). The number of ether oxygens (including phenoxy) is 3. The van der Waals surface area contributed by atoms with Crippen molar-refractivity contribution in [3.05, 3.63) is 307 Å². The van der Waals surface area contributed by atoms with Gasteiger partial charge in [0.25, 0.3) is 0 Å². The fourth-order valence-corrected chi connectivity index (χ4v) is 19.2. The normalized spacial score (nSPS) is 15.4. The van der Waals surface area contributed by atoms with Gasteiger partial charge in [0.1, 0.15) is 80.3 Å². The van der Waals surface area contributed by atoms with Crippen molar-refractivity contribution in [2.24, 2.45) is 20.0 Å². The number of para-hydroxylation sites is 1. The third-order valence-corrected chi connectivity index (χ3v) is 25.5. The topological polar surface area (TPSA) is 279 Å². The Bertz CT molecular complexity index is 6200. The molecular formula is C96H100Cl3N17O7S3. The smallest absolute Gasteiger partial charge is 0.407 e. The molecule has 4 aliphatic heterocycles. The molecule has 2 unspecified atom stereocenters. The van der Waals surface area contributed by atoms with Gasteiger partial charge >= 0.3 is 18.0 Å². The first kappa shape index (κ1) is 90.5. The van der Waals surface area contributed by atoms with Gasteiger partial charge in [-0.15, -0.1) is 64.6 Å². The zero-order valence-corrected chi connectivity index (χ0v) is 78.6. The maximum atomic E-state index is 12.8. The molecule has 11 heterocycles. The van der Waals surface area contributed by atoms with Gasteiger partial charge in [0.2, 0.25) is 5.91 Å². The second kappa shape index (κ2) is 37.4. The van der Waals surface area contributed by atoms with Crippen LogP contribution in [-0.2, 0) is 35.2 Å². The van der Waals surface area contributed by atoms with Crippen molar-refractivity contribution in [1.29, 1.82) is 0 Å². The number of benzene rings is 6. The third-order valence-electron chi connectivity index (χ3n) is 21.2. The quantitative estimate of drug-likeness (QED) is 0.0756. The number of aromatic nitrogens is 11. The summed E-state index contributed by atoms with van der Waals surface area (Å²) in [6.45, 7) is 38.0. The highest BCUT2D eigenvalue weighted by Crippen LogP contribution is 2.45. The highest BCUT2D eigenvalue weighted by atomic mass is 35.5. The maximum absolute atomic E-state index is 12.8. The minimum absolute atomic E-state index is 0.0675. The molecule has 2 N–H and O–H groups in total. The molecule has 0 radical (unpaired) electrons. The van der Waals surface area contributed by atoms with E-state index in [0.717, 1.165) is 128 Å². The Morgan fingerprint density at radius 3 is 1.24 bits per heavy atom. The number of carbonyl (C=O) groups is 4. The van der Waals surface area contributed by atoms with E-state index in [9.17, 15) is 19.2 Å². The van der Waals surface area contributed by atoms with E-state index >= 15 is 0 Å². The highest BCUT2D eigenvalue weighted by Gasteiger charge is 2.38. The molecule has 126 heavy (non-hydrogen) atoms. The minimum Gasteiger partial charge on any atom is -0.460 e. The van der Waals surface area contributed by atoms with Gasteiger partial charge < -0.3 is 24.8 Å². The molecule has 0 aliphatic carbocycles. The number of nitrogens with zero attached hydrogens (tertiary/aromatic N) is 15. The molecule has 13 aromatic rings. The molecule has 0 bridgehead atoms. The van der Waals surface area contributed by atoms with E-state index in [4.69, 9.17) is 69.0 Å². The third kappa shape index (κ3) is 20.2. The lowest BCUT2D eigenvalue weighted by Crippen LogP contribution is -2.41. The van der Waals surface area contributed by atoms with Crippen LogP contribution in [0, 0.1) is 69.2 Å². The van der Waals surface area contributed by atoms with Gasteiger partial charge in [-0.25, -0.2) is 9.78 Å². The van der Waals surface area contributed by atoms with Crippen molar-refractivity contribution in [2.75, 3.05) is 6.54 Å². The van der Waals surface area contributed by atoms with Crippen molar-refractivity contribution >= 4 is 116 Å². The van der Waals surface area contributed by atoms with Crippen LogP contribution in [0.15, 0.2) is 184 Å². The summed E-state index contributed by atoms with van der Waals surface area (Å²) in [4.78, 5) is 79.3. The first-order chi connectivity index (χ1) is 59.8. The van der Waals surface area contributed by atoms with Crippen molar-refractivity contribution in [1.82, 2.24) is 64.5 Å².